The van der Waals surface area contributed by atoms with Gasteiger partial charge in [-0.3, -0.25) is 0 Å². The molecule has 90 valence electrons. The third-order valence-electron chi connectivity index (χ3n) is 3.64. The van der Waals surface area contributed by atoms with Crippen molar-refractivity contribution in [2.24, 2.45) is 11.8 Å². The summed E-state index contributed by atoms with van der Waals surface area (Å²) in [5.41, 5.74) is 0. The Morgan fingerprint density at radius 2 is 2.13 bits per heavy atom. The molecule has 1 fully saturated rings. The summed E-state index contributed by atoms with van der Waals surface area (Å²) in [5.74, 6) is 1.87. The maximum Gasteiger partial charge on any atom is 0.0164 e. The maximum absolute atomic E-state index is 3.65. The first kappa shape index (κ1) is 13.0. The zero-order valence-corrected chi connectivity index (χ0v) is 10.7. The van der Waals surface area contributed by atoms with E-state index in [1.165, 1.54) is 32.2 Å². The van der Waals surface area contributed by atoms with Crippen LogP contribution in [0.25, 0.3) is 0 Å². The van der Waals surface area contributed by atoms with Gasteiger partial charge in [0.15, 0.2) is 0 Å². The van der Waals surface area contributed by atoms with Gasteiger partial charge in [-0.2, -0.15) is 0 Å². The summed E-state index contributed by atoms with van der Waals surface area (Å²) in [7, 11) is 0. The second-order valence-corrected chi connectivity index (χ2v) is 5.18. The number of rotatable bonds is 7. The van der Waals surface area contributed by atoms with Crippen LogP contribution in [0.1, 0.15) is 46.5 Å². The number of hydrogen-bond acceptors (Lipinski definition) is 2. The Bertz CT molecular complexity index is 159. The number of hydrogen-bond donors (Lipinski definition) is 2. The minimum atomic E-state index is 0.615. The average molecular weight is 212 g/mol. The van der Waals surface area contributed by atoms with Gasteiger partial charge in [-0.25, -0.2) is 0 Å². The second kappa shape index (κ2) is 7.24. The quantitative estimate of drug-likeness (QED) is 0.633. The predicted molar refractivity (Wildman–Crippen MR) is 67.1 cm³/mol. The van der Waals surface area contributed by atoms with Crippen LogP contribution in [0.3, 0.4) is 0 Å². The van der Waals surface area contributed by atoms with Gasteiger partial charge in [-0.05, 0) is 44.7 Å². The Hall–Kier alpha value is -0.0800. The zero-order chi connectivity index (χ0) is 11.1. The van der Waals surface area contributed by atoms with Crippen LogP contribution < -0.4 is 10.6 Å². The SMILES string of the molecule is CCCNCC(C)NCC1CCCC1C. The molecule has 0 aromatic heterocycles. The van der Waals surface area contributed by atoms with Crippen LogP contribution in [-0.2, 0) is 0 Å². The summed E-state index contributed by atoms with van der Waals surface area (Å²) >= 11 is 0. The first-order valence-electron chi connectivity index (χ1n) is 6.68. The Kier molecular flexibility index (Phi) is 6.26. The molecule has 0 aromatic rings. The molecule has 1 rings (SSSR count). The molecule has 2 heteroatoms. The molecular weight excluding hydrogens is 184 g/mol. The molecule has 0 saturated heterocycles. The molecule has 2 N–H and O–H groups in total. The molecule has 1 aliphatic rings. The molecule has 0 amide bonds. The van der Waals surface area contributed by atoms with Gasteiger partial charge in [-0.15, -0.1) is 0 Å². The molecule has 0 spiro atoms. The van der Waals surface area contributed by atoms with Gasteiger partial charge in [0.05, 0.1) is 0 Å². The molecular formula is C13H28N2. The van der Waals surface area contributed by atoms with Crippen molar-refractivity contribution >= 4 is 0 Å². The fourth-order valence-electron chi connectivity index (χ4n) is 2.45. The van der Waals surface area contributed by atoms with Crippen molar-refractivity contribution in [3.05, 3.63) is 0 Å². The van der Waals surface area contributed by atoms with Crippen LogP contribution in [0.5, 0.6) is 0 Å². The van der Waals surface area contributed by atoms with Gasteiger partial charge in [0.2, 0.25) is 0 Å². The Labute approximate surface area is 95.2 Å². The highest BCUT2D eigenvalue weighted by Crippen LogP contribution is 2.30. The summed E-state index contributed by atoms with van der Waals surface area (Å²) in [6.07, 6.45) is 5.54. The molecule has 0 heterocycles. The Morgan fingerprint density at radius 3 is 2.73 bits per heavy atom. The molecule has 3 unspecified atom stereocenters. The highest BCUT2D eigenvalue weighted by molar-refractivity contribution is 4.77. The van der Waals surface area contributed by atoms with Gasteiger partial charge in [-0.1, -0.05) is 26.7 Å². The minimum Gasteiger partial charge on any atom is -0.315 e. The second-order valence-electron chi connectivity index (χ2n) is 5.18. The summed E-state index contributed by atoms with van der Waals surface area (Å²) in [6.45, 7) is 10.4. The molecule has 1 aliphatic carbocycles. The van der Waals surface area contributed by atoms with Gasteiger partial charge < -0.3 is 10.6 Å². The van der Waals surface area contributed by atoms with Gasteiger partial charge in [0, 0.05) is 12.6 Å². The van der Waals surface area contributed by atoms with Gasteiger partial charge >= 0.3 is 0 Å². The standard InChI is InChI=1S/C13H28N2/c1-4-8-14-9-12(3)15-10-13-7-5-6-11(13)2/h11-15H,4-10H2,1-3H3. The fraction of sp³-hybridized carbons (Fsp3) is 1.00. The summed E-state index contributed by atoms with van der Waals surface area (Å²) < 4.78 is 0. The van der Waals surface area contributed by atoms with E-state index in [4.69, 9.17) is 0 Å². The summed E-state index contributed by atoms with van der Waals surface area (Å²) in [4.78, 5) is 0. The smallest absolute Gasteiger partial charge is 0.0164 e. The predicted octanol–water partition coefficient (Wildman–Crippen LogP) is 2.40. The molecule has 1 saturated carbocycles. The minimum absolute atomic E-state index is 0.615. The van der Waals surface area contributed by atoms with E-state index in [0.29, 0.717) is 6.04 Å². The van der Waals surface area contributed by atoms with Crippen LogP contribution >= 0.6 is 0 Å². The lowest BCUT2D eigenvalue weighted by molar-refractivity contribution is 0.367. The zero-order valence-electron chi connectivity index (χ0n) is 10.7. The topological polar surface area (TPSA) is 24.1 Å². The van der Waals surface area contributed by atoms with E-state index in [2.05, 4.69) is 31.4 Å². The molecule has 0 aromatic carbocycles. The van der Waals surface area contributed by atoms with E-state index < -0.39 is 0 Å². The summed E-state index contributed by atoms with van der Waals surface area (Å²) in [6, 6.07) is 0.615. The normalized spacial score (nSPS) is 28.2. The number of nitrogens with one attached hydrogen (secondary N) is 2. The Morgan fingerprint density at radius 1 is 1.33 bits per heavy atom. The molecule has 3 atom stereocenters. The summed E-state index contributed by atoms with van der Waals surface area (Å²) in [5, 5.41) is 7.11. The first-order valence-corrected chi connectivity index (χ1v) is 6.68. The molecule has 0 aliphatic heterocycles. The Balaban J connectivity index is 2.03. The molecule has 2 nitrogen and oxygen atoms in total. The van der Waals surface area contributed by atoms with Crippen LogP contribution in [0.4, 0.5) is 0 Å². The third-order valence-corrected chi connectivity index (χ3v) is 3.64. The van der Waals surface area contributed by atoms with E-state index in [0.717, 1.165) is 24.9 Å². The van der Waals surface area contributed by atoms with E-state index in [9.17, 15) is 0 Å². The monoisotopic (exact) mass is 212 g/mol. The van der Waals surface area contributed by atoms with Crippen molar-refractivity contribution in [1.29, 1.82) is 0 Å². The van der Waals surface area contributed by atoms with Gasteiger partial charge in [0.25, 0.3) is 0 Å². The van der Waals surface area contributed by atoms with Crippen molar-refractivity contribution in [1.82, 2.24) is 10.6 Å². The maximum atomic E-state index is 3.65. The highest BCUT2D eigenvalue weighted by Gasteiger charge is 2.22. The van der Waals surface area contributed by atoms with Gasteiger partial charge in [0.1, 0.15) is 0 Å². The lowest BCUT2D eigenvalue weighted by Crippen LogP contribution is -2.39. The van der Waals surface area contributed by atoms with Crippen LogP contribution in [-0.4, -0.2) is 25.7 Å². The lowest BCUT2D eigenvalue weighted by Gasteiger charge is -2.20. The molecule has 15 heavy (non-hydrogen) atoms. The third kappa shape index (κ3) is 4.98. The van der Waals surface area contributed by atoms with Crippen molar-refractivity contribution in [2.45, 2.75) is 52.5 Å². The van der Waals surface area contributed by atoms with Crippen molar-refractivity contribution in [3.63, 3.8) is 0 Å². The largest absolute Gasteiger partial charge is 0.315 e. The average Bonchev–Trinajstić information content (AvgIpc) is 2.61. The van der Waals surface area contributed by atoms with E-state index in [1.54, 1.807) is 0 Å². The molecule has 0 bridgehead atoms. The fourth-order valence-corrected chi connectivity index (χ4v) is 2.45. The lowest BCUT2D eigenvalue weighted by atomic mass is 9.98. The highest BCUT2D eigenvalue weighted by atomic mass is 15.0. The van der Waals surface area contributed by atoms with Crippen LogP contribution in [0.15, 0.2) is 0 Å². The van der Waals surface area contributed by atoms with E-state index in [1.807, 2.05) is 0 Å². The molecule has 0 radical (unpaired) electrons. The van der Waals surface area contributed by atoms with Crippen molar-refractivity contribution in [3.8, 4) is 0 Å². The van der Waals surface area contributed by atoms with E-state index >= 15 is 0 Å². The van der Waals surface area contributed by atoms with E-state index in [-0.39, 0.29) is 0 Å². The van der Waals surface area contributed by atoms with Crippen molar-refractivity contribution < 1.29 is 0 Å². The van der Waals surface area contributed by atoms with Crippen molar-refractivity contribution in [2.75, 3.05) is 19.6 Å². The van der Waals surface area contributed by atoms with Crippen LogP contribution in [0.2, 0.25) is 0 Å². The van der Waals surface area contributed by atoms with Crippen LogP contribution in [0, 0.1) is 11.8 Å². The first-order chi connectivity index (χ1) is 7.24.